The van der Waals surface area contributed by atoms with E-state index in [-0.39, 0.29) is 11.9 Å². The number of nitrogens with zero attached hydrogens (tertiary/aromatic N) is 1. The number of nitrogens with one attached hydrogen (secondary N) is 1. The molecule has 1 heterocycles. The molecule has 1 unspecified atom stereocenters. The third-order valence-corrected chi connectivity index (χ3v) is 4.43. The van der Waals surface area contributed by atoms with Gasteiger partial charge in [0, 0.05) is 18.7 Å². The molecule has 1 aromatic carbocycles. The first-order valence-electron chi connectivity index (χ1n) is 7.62. The molecule has 20 heavy (non-hydrogen) atoms. The summed E-state index contributed by atoms with van der Waals surface area (Å²) in [5.41, 5.74) is 9.14. The first-order chi connectivity index (χ1) is 9.72. The average Bonchev–Trinajstić information content (AvgIpc) is 3.06. The maximum absolute atomic E-state index is 12.1. The van der Waals surface area contributed by atoms with E-state index in [2.05, 4.69) is 16.3 Å². The minimum atomic E-state index is 0.173. The maximum atomic E-state index is 12.1. The second-order valence-corrected chi connectivity index (χ2v) is 5.92. The first-order valence-corrected chi connectivity index (χ1v) is 7.62. The van der Waals surface area contributed by atoms with Crippen LogP contribution < -0.4 is 11.1 Å². The zero-order valence-electron chi connectivity index (χ0n) is 11.9. The van der Waals surface area contributed by atoms with Crippen molar-refractivity contribution in [3.8, 4) is 0 Å². The summed E-state index contributed by atoms with van der Waals surface area (Å²) >= 11 is 0. The van der Waals surface area contributed by atoms with Gasteiger partial charge in [0.2, 0.25) is 5.91 Å². The van der Waals surface area contributed by atoms with E-state index in [0.29, 0.717) is 6.42 Å². The summed E-state index contributed by atoms with van der Waals surface area (Å²) in [4.78, 5) is 14.4. The standard InChI is InChI=1S/C16H23N3O/c17-13-4-5-14-12(11-13)3-6-15(14)18-16(20)7-10-19-8-1-2-9-19/h4-5,11,15H,1-3,6-10,17H2,(H,18,20). The van der Waals surface area contributed by atoms with Crippen LogP contribution in [0.25, 0.3) is 0 Å². The average molecular weight is 273 g/mol. The largest absolute Gasteiger partial charge is 0.399 e. The topological polar surface area (TPSA) is 58.4 Å². The molecule has 1 atom stereocenters. The number of anilines is 1. The van der Waals surface area contributed by atoms with Gasteiger partial charge in [0.25, 0.3) is 0 Å². The van der Waals surface area contributed by atoms with Crippen LogP contribution >= 0.6 is 0 Å². The number of amides is 1. The van der Waals surface area contributed by atoms with E-state index in [1.54, 1.807) is 0 Å². The lowest BCUT2D eigenvalue weighted by Gasteiger charge is -2.17. The molecule has 4 nitrogen and oxygen atoms in total. The van der Waals surface area contributed by atoms with Gasteiger partial charge >= 0.3 is 0 Å². The first kappa shape index (κ1) is 13.4. The van der Waals surface area contributed by atoms with E-state index in [1.807, 2.05) is 12.1 Å². The molecule has 1 saturated heterocycles. The number of rotatable bonds is 4. The summed E-state index contributed by atoms with van der Waals surface area (Å²) in [6.07, 6.45) is 5.17. The van der Waals surface area contributed by atoms with Crippen molar-refractivity contribution in [2.45, 2.75) is 38.1 Å². The molecule has 1 aliphatic heterocycles. The fourth-order valence-electron chi connectivity index (χ4n) is 3.32. The van der Waals surface area contributed by atoms with Gasteiger partial charge < -0.3 is 16.0 Å². The summed E-state index contributed by atoms with van der Waals surface area (Å²) in [5.74, 6) is 0.173. The number of benzene rings is 1. The van der Waals surface area contributed by atoms with Gasteiger partial charge in [-0.2, -0.15) is 0 Å². The van der Waals surface area contributed by atoms with Gasteiger partial charge in [0.1, 0.15) is 0 Å². The van der Waals surface area contributed by atoms with Gasteiger partial charge in [-0.05, 0) is 62.0 Å². The fraction of sp³-hybridized carbons (Fsp3) is 0.562. The number of likely N-dealkylation sites (tertiary alicyclic amines) is 1. The molecular formula is C16H23N3O. The Morgan fingerprint density at radius 2 is 2.15 bits per heavy atom. The number of carbonyl (C=O) groups excluding carboxylic acids is 1. The van der Waals surface area contributed by atoms with E-state index in [1.165, 1.54) is 24.0 Å². The molecule has 0 aromatic heterocycles. The highest BCUT2D eigenvalue weighted by molar-refractivity contribution is 5.77. The Balaban J connectivity index is 1.52. The monoisotopic (exact) mass is 273 g/mol. The van der Waals surface area contributed by atoms with Crippen molar-refractivity contribution >= 4 is 11.6 Å². The van der Waals surface area contributed by atoms with Crippen molar-refractivity contribution in [2.75, 3.05) is 25.4 Å². The molecule has 0 saturated carbocycles. The second kappa shape index (κ2) is 5.83. The van der Waals surface area contributed by atoms with E-state index in [0.717, 1.165) is 38.2 Å². The second-order valence-electron chi connectivity index (χ2n) is 5.92. The van der Waals surface area contributed by atoms with Crippen molar-refractivity contribution < 1.29 is 4.79 Å². The highest BCUT2D eigenvalue weighted by Gasteiger charge is 2.24. The van der Waals surface area contributed by atoms with Crippen molar-refractivity contribution in [1.29, 1.82) is 0 Å². The highest BCUT2D eigenvalue weighted by Crippen LogP contribution is 2.32. The molecule has 3 N–H and O–H groups in total. The van der Waals surface area contributed by atoms with Gasteiger partial charge in [-0.15, -0.1) is 0 Å². The van der Waals surface area contributed by atoms with Gasteiger partial charge in [0.05, 0.1) is 6.04 Å². The highest BCUT2D eigenvalue weighted by atomic mass is 16.1. The Morgan fingerprint density at radius 1 is 1.35 bits per heavy atom. The van der Waals surface area contributed by atoms with Crippen molar-refractivity contribution in [3.05, 3.63) is 29.3 Å². The van der Waals surface area contributed by atoms with Crippen LogP contribution in [0.1, 0.15) is 42.9 Å². The Bertz CT molecular complexity index is 494. The number of hydrogen-bond acceptors (Lipinski definition) is 3. The van der Waals surface area contributed by atoms with Crippen molar-refractivity contribution in [1.82, 2.24) is 10.2 Å². The lowest BCUT2D eigenvalue weighted by molar-refractivity contribution is -0.122. The molecule has 4 heteroatoms. The van der Waals surface area contributed by atoms with Crippen LogP contribution in [0.15, 0.2) is 18.2 Å². The van der Waals surface area contributed by atoms with Crippen LogP contribution in [0.5, 0.6) is 0 Å². The van der Waals surface area contributed by atoms with Crippen molar-refractivity contribution in [2.24, 2.45) is 0 Å². The third kappa shape index (κ3) is 2.96. The molecular weight excluding hydrogens is 250 g/mol. The number of hydrogen-bond donors (Lipinski definition) is 2. The Kier molecular flexibility index (Phi) is 3.92. The van der Waals surface area contributed by atoms with E-state index in [9.17, 15) is 4.79 Å². The van der Waals surface area contributed by atoms with Crippen LogP contribution in [-0.4, -0.2) is 30.4 Å². The zero-order valence-corrected chi connectivity index (χ0v) is 11.9. The Labute approximate surface area is 120 Å². The Morgan fingerprint density at radius 3 is 2.95 bits per heavy atom. The SMILES string of the molecule is Nc1ccc2c(c1)CCC2NC(=O)CCN1CCCC1. The van der Waals surface area contributed by atoms with E-state index >= 15 is 0 Å². The summed E-state index contributed by atoms with van der Waals surface area (Å²) < 4.78 is 0. The van der Waals surface area contributed by atoms with Gasteiger partial charge in [-0.25, -0.2) is 0 Å². The third-order valence-electron chi connectivity index (χ3n) is 4.43. The summed E-state index contributed by atoms with van der Waals surface area (Å²) in [5, 5.41) is 3.17. The van der Waals surface area contributed by atoms with Gasteiger partial charge in [-0.1, -0.05) is 6.07 Å². The maximum Gasteiger partial charge on any atom is 0.221 e. The molecule has 0 bridgehead atoms. The molecule has 1 fully saturated rings. The molecule has 1 aromatic rings. The van der Waals surface area contributed by atoms with Crippen LogP contribution in [-0.2, 0) is 11.2 Å². The number of nitrogen functional groups attached to an aromatic ring is 1. The Hall–Kier alpha value is -1.55. The van der Waals surface area contributed by atoms with Crippen LogP contribution in [0, 0.1) is 0 Å². The zero-order chi connectivity index (χ0) is 13.9. The molecule has 2 aliphatic rings. The minimum absolute atomic E-state index is 0.173. The molecule has 0 spiro atoms. The number of nitrogens with two attached hydrogens (primary N) is 1. The quantitative estimate of drug-likeness (QED) is 0.823. The van der Waals surface area contributed by atoms with E-state index < -0.39 is 0 Å². The molecule has 1 amide bonds. The minimum Gasteiger partial charge on any atom is -0.399 e. The summed E-state index contributed by atoms with van der Waals surface area (Å²) in [6.45, 7) is 3.20. The number of aryl methyl sites for hydroxylation is 1. The molecule has 1 aliphatic carbocycles. The summed E-state index contributed by atoms with van der Waals surface area (Å²) in [6, 6.07) is 6.19. The molecule has 0 radical (unpaired) electrons. The number of fused-ring (bicyclic) bond motifs is 1. The van der Waals surface area contributed by atoms with Crippen LogP contribution in [0.4, 0.5) is 5.69 Å². The van der Waals surface area contributed by atoms with Crippen molar-refractivity contribution in [3.63, 3.8) is 0 Å². The predicted octanol–water partition coefficient (Wildman–Crippen LogP) is 1.86. The van der Waals surface area contributed by atoms with Crippen LogP contribution in [0.3, 0.4) is 0 Å². The van der Waals surface area contributed by atoms with E-state index in [4.69, 9.17) is 5.73 Å². The fourth-order valence-corrected chi connectivity index (χ4v) is 3.32. The number of carbonyl (C=O) groups is 1. The van der Waals surface area contributed by atoms with Gasteiger partial charge in [0.15, 0.2) is 0 Å². The predicted molar refractivity (Wildman–Crippen MR) is 80.4 cm³/mol. The van der Waals surface area contributed by atoms with Gasteiger partial charge in [-0.3, -0.25) is 4.79 Å². The lowest BCUT2D eigenvalue weighted by atomic mass is 10.1. The lowest BCUT2D eigenvalue weighted by Crippen LogP contribution is -2.31. The smallest absolute Gasteiger partial charge is 0.221 e. The molecule has 108 valence electrons. The summed E-state index contributed by atoms with van der Waals surface area (Å²) in [7, 11) is 0. The normalized spacial score (nSPS) is 21.9. The van der Waals surface area contributed by atoms with Crippen LogP contribution in [0.2, 0.25) is 0 Å². The molecule has 3 rings (SSSR count).